The van der Waals surface area contributed by atoms with Crippen molar-refractivity contribution in [2.24, 2.45) is 0 Å². The van der Waals surface area contributed by atoms with E-state index in [1.165, 1.54) is 17.5 Å². The standard InChI is InChI=1S/C25H21N3O4S/c1-16-7-9-21(22(13-16)31-2)32-23-10-8-18(14-26-23)27-25(30)19-5-3-4-6-20(19)28-24(29)17-11-12-33-15-17/h3-15H,1-2H3,(H,27,30)(H,28,29). The predicted molar refractivity (Wildman–Crippen MR) is 129 cm³/mol. The Kier molecular flexibility index (Phi) is 6.66. The third kappa shape index (κ3) is 5.36. The fourth-order valence-corrected chi connectivity index (χ4v) is 3.70. The summed E-state index contributed by atoms with van der Waals surface area (Å²) in [6.45, 7) is 1.97. The van der Waals surface area contributed by atoms with Gasteiger partial charge in [-0.25, -0.2) is 4.98 Å². The number of para-hydroxylation sites is 1. The molecule has 0 saturated carbocycles. The Morgan fingerprint density at radius 2 is 1.79 bits per heavy atom. The molecular weight excluding hydrogens is 438 g/mol. The van der Waals surface area contributed by atoms with Gasteiger partial charge in [0.25, 0.3) is 11.8 Å². The Morgan fingerprint density at radius 3 is 2.52 bits per heavy atom. The maximum atomic E-state index is 12.9. The van der Waals surface area contributed by atoms with Crippen LogP contribution in [0.5, 0.6) is 17.4 Å². The van der Waals surface area contributed by atoms with Crippen LogP contribution in [0.25, 0.3) is 0 Å². The van der Waals surface area contributed by atoms with Crippen LogP contribution in [-0.4, -0.2) is 23.9 Å². The zero-order valence-corrected chi connectivity index (χ0v) is 18.8. The van der Waals surface area contributed by atoms with Crippen molar-refractivity contribution in [3.05, 3.63) is 94.3 Å². The van der Waals surface area contributed by atoms with Crippen molar-refractivity contribution in [1.82, 2.24) is 4.98 Å². The van der Waals surface area contributed by atoms with Crippen LogP contribution in [0, 0.1) is 6.92 Å². The van der Waals surface area contributed by atoms with Crippen molar-refractivity contribution in [3.63, 3.8) is 0 Å². The number of carbonyl (C=O) groups excluding carboxylic acids is 2. The molecule has 2 heterocycles. The summed E-state index contributed by atoms with van der Waals surface area (Å²) in [6, 6.07) is 17.5. The Morgan fingerprint density at radius 1 is 0.939 bits per heavy atom. The van der Waals surface area contributed by atoms with Crippen LogP contribution in [0.15, 0.2) is 77.6 Å². The van der Waals surface area contributed by atoms with Crippen molar-refractivity contribution in [2.75, 3.05) is 17.7 Å². The molecular formula is C25H21N3O4S. The van der Waals surface area contributed by atoms with Gasteiger partial charge < -0.3 is 20.1 Å². The molecule has 0 aliphatic heterocycles. The van der Waals surface area contributed by atoms with Crippen molar-refractivity contribution >= 4 is 34.5 Å². The number of anilines is 2. The van der Waals surface area contributed by atoms with E-state index in [9.17, 15) is 9.59 Å². The Bertz CT molecular complexity index is 1270. The zero-order valence-electron chi connectivity index (χ0n) is 18.0. The number of pyridine rings is 1. The van der Waals surface area contributed by atoms with Crippen molar-refractivity contribution in [3.8, 4) is 17.4 Å². The van der Waals surface area contributed by atoms with Gasteiger partial charge in [-0.15, -0.1) is 0 Å². The van der Waals surface area contributed by atoms with Gasteiger partial charge in [-0.1, -0.05) is 18.2 Å². The molecule has 2 aromatic heterocycles. The molecule has 33 heavy (non-hydrogen) atoms. The average Bonchev–Trinajstić information content (AvgIpc) is 3.37. The van der Waals surface area contributed by atoms with Crippen molar-refractivity contribution < 1.29 is 19.1 Å². The lowest BCUT2D eigenvalue weighted by molar-refractivity contribution is 0.102. The van der Waals surface area contributed by atoms with Crippen molar-refractivity contribution in [2.45, 2.75) is 6.92 Å². The van der Waals surface area contributed by atoms with E-state index in [0.29, 0.717) is 39.9 Å². The molecule has 7 nitrogen and oxygen atoms in total. The summed E-state index contributed by atoms with van der Waals surface area (Å²) in [7, 11) is 1.58. The molecule has 4 aromatic rings. The van der Waals surface area contributed by atoms with Crippen molar-refractivity contribution in [1.29, 1.82) is 0 Å². The molecule has 0 spiro atoms. The number of nitrogens with zero attached hydrogens (tertiary/aromatic N) is 1. The predicted octanol–water partition coefficient (Wildman–Crippen LogP) is 5.76. The normalized spacial score (nSPS) is 10.4. The number of amides is 2. The fourth-order valence-electron chi connectivity index (χ4n) is 3.06. The van der Waals surface area contributed by atoms with Gasteiger partial charge in [0.05, 0.1) is 35.8 Å². The molecule has 0 aliphatic carbocycles. The van der Waals surface area contributed by atoms with Gasteiger partial charge in [-0.3, -0.25) is 9.59 Å². The molecule has 0 radical (unpaired) electrons. The second-order valence-corrected chi connectivity index (χ2v) is 7.89. The van der Waals surface area contributed by atoms with Crippen LogP contribution in [0.4, 0.5) is 11.4 Å². The molecule has 8 heteroatoms. The van der Waals surface area contributed by atoms with Gasteiger partial charge in [0.15, 0.2) is 11.5 Å². The molecule has 0 saturated heterocycles. The maximum Gasteiger partial charge on any atom is 0.257 e. The van der Waals surface area contributed by atoms with Gasteiger partial charge in [-0.2, -0.15) is 11.3 Å². The number of nitrogens with one attached hydrogen (secondary N) is 2. The zero-order chi connectivity index (χ0) is 23.2. The molecule has 4 rings (SSSR count). The number of methoxy groups -OCH3 is 1. The minimum absolute atomic E-state index is 0.272. The molecule has 166 valence electrons. The summed E-state index contributed by atoms with van der Waals surface area (Å²) in [4.78, 5) is 29.5. The quantitative estimate of drug-likeness (QED) is 0.367. The first-order chi connectivity index (χ1) is 16.0. The lowest BCUT2D eigenvalue weighted by Crippen LogP contribution is -2.18. The smallest absolute Gasteiger partial charge is 0.257 e. The molecule has 2 aromatic carbocycles. The number of benzene rings is 2. The van der Waals surface area contributed by atoms with Gasteiger partial charge in [0.2, 0.25) is 5.88 Å². The Labute approximate surface area is 195 Å². The molecule has 0 bridgehead atoms. The highest BCUT2D eigenvalue weighted by Gasteiger charge is 2.15. The van der Waals surface area contributed by atoms with E-state index < -0.39 is 0 Å². The lowest BCUT2D eigenvalue weighted by atomic mass is 10.1. The number of aryl methyl sites for hydroxylation is 1. The highest BCUT2D eigenvalue weighted by atomic mass is 32.1. The van der Waals surface area contributed by atoms with Crippen LogP contribution in [0.3, 0.4) is 0 Å². The summed E-state index contributed by atoms with van der Waals surface area (Å²) in [5, 5.41) is 9.16. The van der Waals surface area contributed by atoms with E-state index in [4.69, 9.17) is 9.47 Å². The van der Waals surface area contributed by atoms with Crippen LogP contribution < -0.4 is 20.1 Å². The van der Waals surface area contributed by atoms with E-state index in [2.05, 4.69) is 15.6 Å². The van der Waals surface area contributed by atoms with Crippen LogP contribution >= 0.6 is 11.3 Å². The van der Waals surface area contributed by atoms with Crippen LogP contribution in [0.2, 0.25) is 0 Å². The number of hydrogen-bond donors (Lipinski definition) is 2. The highest BCUT2D eigenvalue weighted by molar-refractivity contribution is 7.08. The molecule has 0 aliphatic rings. The first-order valence-corrected chi connectivity index (χ1v) is 11.0. The minimum Gasteiger partial charge on any atom is -0.493 e. The SMILES string of the molecule is COc1cc(C)ccc1Oc1ccc(NC(=O)c2ccccc2NC(=O)c2ccsc2)cn1. The second kappa shape index (κ2) is 9.97. The fraction of sp³-hybridized carbons (Fsp3) is 0.0800. The van der Waals surface area contributed by atoms with E-state index >= 15 is 0 Å². The lowest BCUT2D eigenvalue weighted by Gasteiger charge is -2.12. The summed E-state index contributed by atoms with van der Waals surface area (Å²) in [5.41, 5.74) is 2.84. The number of carbonyl (C=O) groups is 2. The third-order valence-corrected chi connectivity index (χ3v) is 5.41. The van der Waals surface area contributed by atoms with Gasteiger partial charge in [0.1, 0.15) is 0 Å². The third-order valence-electron chi connectivity index (χ3n) is 4.73. The second-order valence-electron chi connectivity index (χ2n) is 7.11. The minimum atomic E-state index is -0.369. The van der Waals surface area contributed by atoms with Gasteiger partial charge in [0, 0.05) is 11.4 Å². The average molecular weight is 460 g/mol. The van der Waals surface area contributed by atoms with Gasteiger partial charge >= 0.3 is 0 Å². The number of aromatic nitrogens is 1. The largest absolute Gasteiger partial charge is 0.493 e. The van der Waals surface area contributed by atoms with Crippen LogP contribution in [0.1, 0.15) is 26.3 Å². The Hall–Kier alpha value is -4.17. The molecule has 2 amide bonds. The number of rotatable bonds is 7. The first-order valence-electron chi connectivity index (χ1n) is 10.1. The topological polar surface area (TPSA) is 89.5 Å². The summed E-state index contributed by atoms with van der Waals surface area (Å²) in [5.74, 6) is 0.870. The Balaban J connectivity index is 1.45. The summed E-state index contributed by atoms with van der Waals surface area (Å²) < 4.78 is 11.1. The number of ether oxygens (including phenoxy) is 2. The van der Waals surface area contributed by atoms with Gasteiger partial charge in [-0.05, 0) is 54.3 Å². The van der Waals surface area contributed by atoms with E-state index in [-0.39, 0.29) is 11.8 Å². The number of thiophene rings is 1. The van der Waals surface area contributed by atoms with E-state index in [0.717, 1.165) is 5.56 Å². The molecule has 0 atom stereocenters. The number of hydrogen-bond acceptors (Lipinski definition) is 6. The van der Waals surface area contributed by atoms with E-state index in [1.807, 2.05) is 30.5 Å². The summed E-state index contributed by atoms with van der Waals surface area (Å²) >= 11 is 1.43. The van der Waals surface area contributed by atoms with E-state index in [1.54, 1.807) is 55.0 Å². The monoisotopic (exact) mass is 459 g/mol. The molecule has 2 N–H and O–H groups in total. The summed E-state index contributed by atoms with van der Waals surface area (Å²) in [6.07, 6.45) is 1.50. The highest BCUT2D eigenvalue weighted by Crippen LogP contribution is 2.31. The van der Waals surface area contributed by atoms with Crippen LogP contribution in [-0.2, 0) is 0 Å². The molecule has 0 unspecified atom stereocenters. The maximum absolute atomic E-state index is 12.9. The first kappa shape index (κ1) is 22.0. The molecule has 0 fully saturated rings.